The third kappa shape index (κ3) is 2.72. The molecule has 0 saturated heterocycles. The van der Waals surface area contributed by atoms with E-state index in [1.807, 2.05) is 6.92 Å². The van der Waals surface area contributed by atoms with Crippen molar-refractivity contribution in [3.8, 4) is 0 Å². The zero-order valence-corrected chi connectivity index (χ0v) is 8.00. The second-order valence-electron chi connectivity index (χ2n) is 3.27. The maximum atomic E-state index is 11.3. The fourth-order valence-electron chi connectivity index (χ4n) is 1.11. The summed E-state index contributed by atoms with van der Waals surface area (Å²) in [7, 11) is 1.33. The van der Waals surface area contributed by atoms with Crippen molar-refractivity contribution in [3.05, 3.63) is 0 Å². The molecule has 0 aromatic carbocycles. The maximum Gasteiger partial charge on any atom is 0.328 e. The van der Waals surface area contributed by atoms with E-state index < -0.39 is 6.04 Å². The van der Waals surface area contributed by atoms with Crippen LogP contribution in [-0.2, 0) is 14.3 Å². The molecule has 0 aromatic rings. The van der Waals surface area contributed by atoms with Crippen molar-refractivity contribution in [2.75, 3.05) is 7.11 Å². The molecule has 0 aromatic heterocycles. The number of carbonyl (C=O) groups is 2. The number of amides is 1. The Balaban J connectivity index is 2.37. The van der Waals surface area contributed by atoms with E-state index in [-0.39, 0.29) is 17.8 Å². The largest absolute Gasteiger partial charge is 0.467 e. The number of hydrogen-bond donors (Lipinski definition) is 1. The average Bonchev–Trinajstić information content (AvgIpc) is 2.95. The van der Waals surface area contributed by atoms with Crippen LogP contribution in [0.25, 0.3) is 0 Å². The highest BCUT2D eigenvalue weighted by molar-refractivity contribution is 5.86. The Morgan fingerprint density at radius 3 is 2.54 bits per heavy atom. The number of ether oxygens (including phenoxy) is 1. The van der Waals surface area contributed by atoms with E-state index in [0.717, 1.165) is 12.8 Å². The van der Waals surface area contributed by atoms with Crippen molar-refractivity contribution in [3.63, 3.8) is 0 Å². The number of esters is 1. The molecule has 74 valence electrons. The van der Waals surface area contributed by atoms with E-state index in [9.17, 15) is 9.59 Å². The molecule has 4 nitrogen and oxygen atoms in total. The summed E-state index contributed by atoms with van der Waals surface area (Å²) in [5.74, 6) is -0.243. The Bertz CT molecular complexity index is 211. The van der Waals surface area contributed by atoms with E-state index in [1.165, 1.54) is 7.11 Å². The molecule has 1 rings (SSSR count). The van der Waals surface area contributed by atoms with Gasteiger partial charge in [-0.15, -0.1) is 0 Å². The van der Waals surface area contributed by atoms with Gasteiger partial charge < -0.3 is 10.1 Å². The first-order chi connectivity index (χ1) is 6.19. The molecule has 1 aliphatic carbocycles. The summed E-state index contributed by atoms with van der Waals surface area (Å²) in [6.07, 6.45) is 2.47. The Kier molecular flexibility index (Phi) is 3.28. The van der Waals surface area contributed by atoms with Crippen molar-refractivity contribution >= 4 is 11.9 Å². The molecule has 1 saturated carbocycles. The Morgan fingerprint density at radius 1 is 1.54 bits per heavy atom. The van der Waals surface area contributed by atoms with Gasteiger partial charge in [-0.05, 0) is 19.3 Å². The number of hydrogen-bond acceptors (Lipinski definition) is 3. The summed E-state index contributed by atoms with van der Waals surface area (Å²) in [5, 5.41) is 2.67. The fourth-order valence-corrected chi connectivity index (χ4v) is 1.11. The van der Waals surface area contributed by atoms with Crippen molar-refractivity contribution in [2.24, 2.45) is 5.92 Å². The lowest BCUT2D eigenvalue weighted by molar-refractivity contribution is -0.145. The van der Waals surface area contributed by atoms with E-state index >= 15 is 0 Å². The zero-order chi connectivity index (χ0) is 9.84. The summed E-state index contributed by atoms with van der Waals surface area (Å²) in [5.41, 5.74) is 0. The van der Waals surface area contributed by atoms with Crippen LogP contribution in [0.15, 0.2) is 0 Å². The quantitative estimate of drug-likeness (QED) is 0.647. The van der Waals surface area contributed by atoms with Crippen LogP contribution in [0, 0.1) is 5.92 Å². The van der Waals surface area contributed by atoms with Gasteiger partial charge in [0, 0.05) is 5.92 Å². The third-order valence-corrected chi connectivity index (χ3v) is 2.16. The second-order valence-corrected chi connectivity index (χ2v) is 3.27. The van der Waals surface area contributed by atoms with Crippen LogP contribution >= 0.6 is 0 Å². The molecule has 0 radical (unpaired) electrons. The van der Waals surface area contributed by atoms with Crippen molar-refractivity contribution < 1.29 is 14.3 Å². The number of methoxy groups -OCH3 is 1. The summed E-state index contributed by atoms with van der Waals surface area (Å²) in [6, 6.07) is -0.474. The average molecular weight is 185 g/mol. The summed E-state index contributed by atoms with van der Waals surface area (Å²) < 4.78 is 4.55. The fraction of sp³-hybridized carbons (Fsp3) is 0.778. The van der Waals surface area contributed by atoms with Crippen molar-refractivity contribution in [1.29, 1.82) is 0 Å². The minimum Gasteiger partial charge on any atom is -0.467 e. The molecule has 4 heteroatoms. The van der Waals surface area contributed by atoms with Gasteiger partial charge in [0.25, 0.3) is 0 Å². The molecule has 1 atom stereocenters. The lowest BCUT2D eigenvalue weighted by Crippen LogP contribution is -2.41. The topological polar surface area (TPSA) is 55.4 Å². The summed E-state index contributed by atoms with van der Waals surface area (Å²) in [4.78, 5) is 22.4. The SMILES string of the molecule is CC[C@@H](NC(=O)C1CC1)C(=O)OC. The normalized spacial score (nSPS) is 17.7. The molecular formula is C9H15NO3. The first kappa shape index (κ1) is 10.0. The van der Waals surface area contributed by atoms with Gasteiger partial charge in [-0.3, -0.25) is 4.79 Å². The van der Waals surface area contributed by atoms with Crippen molar-refractivity contribution in [2.45, 2.75) is 32.2 Å². The van der Waals surface area contributed by atoms with Crippen molar-refractivity contribution in [1.82, 2.24) is 5.32 Å². The lowest BCUT2D eigenvalue weighted by Gasteiger charge is -2.13. The van der Waals surface area contributed by atoms with Crippen LogP contribution in [0.2, 0.25) is 0 Å². The van der Waals surface area contributed by atoms with Crippen LogP contribution in [0.5, 0.6) is 0 Å². The summed E-state index contributed by atoms with van der Waals surface area (Å²) >= 11 is 0. The van der Waals surface area contributed by atoms with E-state index in [2.05, 4.69) is 10.1 Å². The molecule has 1 fully saturated rings. The Labute approximate surface area is 77.6 Å². The highest BCUT2D eigenvalue weighted by Crippen LogP contribution is 2.28. The standard InChI is InChI=1S/C9H15NO3/c1-3-7(9(12)13-2)10-8(11)6-4-5-6/h6-7H,3-5H2,1-2H3,(H,10,11)/t7-/m1/s1. The van der Waals surface area contributed by atoms with Gasteiger partial charge in [0.1, 0.15) is 6.04 Å². The van der Waals surface area contributed by atoms with E-state index in [1.54, 1.807) is 0 Å². The summed E-state index contributed by atoms with van der Waals surface area (Å²) in [6.45, 7) is 1.84. The smallest absolute Gasteiger partial charge is 0.328 e. The molecule has 1 amide bonds. The van der Waals surface area contributed by atoms with Gasteiger partial charge >= 0.3 is 5.97 Å². The van der Waals surface area contributed by atoms with Gasteiger partial charge in [-0.2, -0.15) is 0 Å². The van der Waals surface area contributed by atoms with Gasteiger partial charge in [-0.25, -0.2) is 4.79 Å². The molecule has 1 aliphatic rings. The van der Waals surface area contributed by atoms with Gasteiger partial charge in [0.05, 0.1) is 7.11 Å². The minimum absolute atomic E-state index is 0.0164. The zero-order valence-electron chi connectivity index (χ0n) is 8.00. The van der Waals surface area contributed by atoms with Crippen LogP contribution in [0.3, 0.4) is 0 Å². The van der Waals surface area contributed by atoms with Crippen LogP contribution in [0.1, 0.15) is 26.2 Å². The first-order valence-corrected chi connectivity index (χ1v) is 4.57. The minimum atomic E-state index is -0.474. The van der Waals surface area contributed by atoms with Gasteiger partial charge in [0.2, 0.25) is 5.91 Å². The molecule has 0 unspecified atom stereocenters. The number of rotatable bonds is 4. The monoisotopic (exact) mass is 185 g/mol. The third-order valence-electron chi connectivity index (χ3n) is 2.16. The highest BCUT2D eigenvalue weighted by atomic mass is 16.5. The highest BCUT2D eigenvalue weighted by Gasteiger charge is 2.32. The molecule has 0 spiro atoms. The van der Waals surface area contributed by atoms with Crippen LogP contribution in [-0.4, -0.2) is 25.0 Å². The van der Waals surface area contributed by atoms with Crippen LogP contribution < -0.4 is 5.32 Å². The Hall–Kier alpha value is -1.06. The Morgan fingerprint density at radius 2 is 2.15 bits per heavy atom. The van der Waals surface area contributed by atoms with Crippen LogP contribution in [0.4, 0.5) is 0 Å². The number of nitrogens with one attached hydrogen (secondary N) is 1. The predicted octanol–water partition coefficient (Wildman–Crippen LogP) is 0.464. The molecule has 0 heterocycles. The van der Waals surface area contributed by atoms with E-state index in [0.29, 0.717) is 6.42 Å². The molecule has 13 heavy (non-hydrogen) atoms. The van der Waals surface area contributed by atoms with Gasteiger partial charge in [-0.1, -0.05) is 6.92 Å². The maximum absolute atomic E-state index is 11.3. The second kappa shape index (κ2) is 4.25. The first-order valence-electron chi connectivity index (χ1n) is 4.57. The molecular weight excluding hydrogens is 170 g/mol. The number of carbonyl (C=O) groups excluding carboxylic acids is 2. The molecule has 0 aliphatic heterocycles. The lowest BCUT2D eigenvalue weighted by atomic mass is 10.2. The molecule has 1 N–H and O–H groups in total. The predicted molar refractivity (Wildman–Crippen MR) is 47.0 cm³/mol. The van der Waals surface area contributed by atoms with E-state index in [4.69, 9.17) is 0 Å². The van der Waals surface area contributed by atoms with Gasteiger partial charge in [0.15, 0.2) is 0 Å². The molecule has 0 bridgehead atoms.